The van der Waals surface area contributed by atoms with E-state index in [-0.39, 0.29) is 0 Å². The standard InChI is InChI=1S/9C2H6/c9*1-2/h9*1-2H3. The maximum atomic E-state index is 2.00. The van der Waals surface area contributed by atoms with Gasteiger partial charge in [0.1, 0.15) is 0 Å². The van der Waals surface area contributed by atoms with Gasteiger partial charge in [0.15, 0.2) is 0 Å². The minimum Gasteiger partial charge on any atom is -0.0683 e. The average Bonchev–Trinajstić information content (AvgIpc) is 2.63. The summed E-state index contributed by atoms with van der Waals surface area (Å²) in [6.45, 7) is 36.0. The lowest BCUT2D eigenvalue weighted by Gasteiger charge is -1.07. The Morgan fingerprint density at radius 1 is 0.111 bits per heavy atom. The molecule has 0 saturated heterocycles. The molecule has 0 radical (unpaired) electrons. The summed E-state index contributed by atoms with van der Waals surface area (Å²) in [6, 6.07) is 0. The first-order valence-corrected chi connectivity index (χ1v) is 9.00. The molecule has 0 unspecified atom stereocenters. The van der Waals surface area contributed by atoms with Crippen LogP contribution in [0.25, 0.3) is 0 Å². The van der Waals surface area contributed by atoms with Crippen molar-refractivity contribution in [2.75, 3.05) is 0 Å². The Hall–Kier alpha value is 0. The van der Waals surface area contributed by atoms with Crippen molar-refractivity contribution in [3.05, 3.63) is 0 Å². The Labute approximate surface area is 125 Å². The highest BCUT2D eigenvalue weighted by Gasteiger charge is 0.948. The molecule has 0 aliphatic heterocycles. The van der Waals surface area contributed by atoms with E-state index in [9.17, 15) is 0 Å². The minimum atomic E-state index is 2.00. The quantitative estimate of drug-likeness (QED) is 0.411. The van der Waals surface area contributed by atoms with Gasteiger partial charge in [-0.2, -0.15) is 0 Å². The molecule has 0 fully saturated rings. The largest absolute Gasteiger partial charge is 0.0683 e. The smallest absolute Gasteiger partial charge is 0.0683 e. The third-order valence-corrected chi connectivity index (χ3v) is 0. The molecule has 0 saturated carbocycles. The van der Waals surface area contributed by atoms with Gasteiger partial charge in [0, 0.05) is 0 Å². The van der Waals surface area contributed by atoms with Crippen molar-refractivity contribution in [2.45, 2.75) is 125 Å². The normalized spacial score (nSPS) is 3.00. The highest BCUT2D eigenvalue weighted by molar-refractivity contribution is 3.52. The lowest BCUT2D eigenvalue weighted by Crippen LogP contribution is -0.856. The summed E-state index contributed by atoms with van der Waals surface area (Å²) in [7, 11) is 0. The van der Waals surface area contributed by atoms with E-state index < -0.39 is 0 Å². The molecule has 0 aliphatic rings. The van der Waals surface area contributed by atoms with Crippen LogP contribution in [0.1, 0.15) is 125 Å². The molecule has 0 aromatic heterocycles. The first-order valence-electron chi connectivity index (χ1n) is 9.00. The monoisotopic (exact) mass is 270 g/mol. The molecule has 0 aromatic carbocycles. The van der Waals surface area contributed by atoms with Crippen LogP contribution in [-0.2, 0) is 0 Å². The molecule has 126 valence electrons. The van der Waals surface area contributed by atoms with Crippen molar-refractivity contribution in [1.29, 1.82) is 0 Å². The molecule has 0 N–H and O–H groups in total. The second-order valence-electron chi connectivity index (χ2n) is 0. The van der Waals surface area contributed by atoms with Gasteiger partial charge < -0.3 is 0 Å². The van der Waals surface area contributed by atoms with Crippen LogP contribution in [0.3, 0.4) is 0 Å². The van der Waals surface area contributed by atoms with Crippen molar-refractivity contribution >= 4 is 0 Å². The zero-order valence-electron chi connectivity index (χ0n) is 18.0. The van der Waals surface area contributed by atoms with Crippen molar-refractivity contribution in [2.24, 2.45) is 0 Å². The van der Waals surface area contributed by atoms with Crippen LogP contribution in [0.2, 0.25) is 0 Å². The highest BCUT2D eigenvalue weighted by atomic mass is 13.0. The molecule has 0 heterocycles. The van der Waals surface area contributed by atoms with Gasteiger partial charge in [-0.25, -0.2) is 0 Å². The number of hydrogen-bond acceptors (Lipinski definition) is 0. The Morgan fingerprint density at radius 2 is 0.111 bits per heavy atom. The third-order valence-electron chi connectivity index (χ3n) is 0. The molecular formula is C18H54. The first-order chi connectivity index (χ1) is 9.00. The summed E-state index contributed by atoms with van der Waals surface area (Å²) < 4.78 is 0. The van der Waals surface area contributed by atoms with Crippen LogP contribution < -0.4 is 0 Å². The summed E-state index contributed by atoms with van der Waals surface area (Å²) in [5, 5.41) is 0. The van der Waals surface area contributed by atoms with Gasteiger partial charge in [-0.3, -0.25) is 0 Å². The summed E-state index contributed by atoms with van der Waals surface area (Å²) >= 11 is 0. The van der Waals surface area contributed by atoms with E-state index in [0.717, 1.165) is 0 Å². The van der Waals surface area contributed by atoms with Crippen molar-refractivity contribution in [3.8, 4) is 0 Å². The maximum Gasteiger partial charge on any atom is -0.0683 e. The fraction of sp³-hybridized carbons (Fsp3) is 1.00. The van der Waals surface area contributed by atoms with E-state index in [0.29, 0.717) is 0 Å². The van der Waals surface area contributed by atoms with Crippen LogP contribution in [0, 0.1) is 0 Å². The van der Waals surface area contributed by atoms with E-state index in [1.54, 1.807) is 0 Å². The second kappa shape index (κ2) is 0. The van der Waals surface area contributed by atoms with Gasteiger partial charge in [0.2, 0.25) is 0 Å². The Bertz CT molecular complexity index is 0. The Kier molecular flexibility index (Phi) is 0. The van der Waals surface area contributed by atoms with Crippen LogP contribution in [0.15, 0.2) is 0 Å². The zero-order chi connectivity index (χ0) is 18.0. The lowest BCUT2D eigenvalue weighted by molar-refractivity contribution is 1.50. The molecule has 0 amide bonds. The number of rotatable bonds is 0. The van der Waals surface area contributed by atoms with Crippen molar-refractivity contribution in [3.63, 3.8) is 0 Å². The molecule has 0 aliphatic carbocycles. The van der Waals surface area contributed by atoms with E-state index in [4.69, 9.17) is 0 Å². The third kappa shape index (κ3) is 0. The molecule has 0 nitrogen and oxygen atoms in total. The van der Waals surface area contributed by atoms with Gasteiger partial charge in [-0.1, -0.05) is 125 Å². The molecular weight excluding hydrogens is 216 g/mol. The Balaban J connectivity index is -0.00000000723. The molecule has 0 atom stereocenters. The SMILES string of the molecule is CC.CC.CC.CC.CC.CC.CC.CC.CC. The summed E-state index contributed by atoms with van der Waals surface area (Å²) in [6.07, 6.45) is 0. The van der Waals surface area contributed by atoms with Crippen molar-refractivity contribution < 1.29 is 0 Å². The molecule has 0 rings (SSSR count). The van der Waals surface area contributed by atoms with Gasteiger partial charge in [0.05, 0.1) is 0 Å². The maximum absolute atomic E-state index is 2.00. The van der Waals surface area contributed by atoms with Crippen LogP contribution in [0.4, 0.5) is 0 Å². The lowest BCUT2D eigenvalue weighted by atomic mass is 11.0. The van der Waals surface area contributed by atoms with E-state index in [1.807, 2.05) is 125 Å². The summed E-state index contributed by atoms with van der Waals surface area (Å²) in [5.41, 5.74) is 0. The summed E-state index contributed by atoms with van der Waals surface area (Å²) in [4.78, 5) is 0. The number of hydrogen-bond donors (Lipinski definition) is 0. The van der Waals surface area contributed by atoms with Gasteiger partial charge >= 0.3 is 0 Å². The predicted octanol–water partition coefficient (Wildman–Crippen LogP) is 9.24. The molecule has 0 heteroatoms. The van der Waals surface area contributed by atoms with Crippen LogP contribution >= 0.6 is 0 Å². The molecule has 18 heavy (non-hydrogen) atoms. The molecule has 0 bridgehead atoms. The van der Waals surface area contributed by atoms with Crippen molar-refractivity contribution in [1.82, 2.24) is 0 Å². The van der Waals surface area contributed by atoms with Gasteiger partial charge in [-0.15, -0.1) is 0 Å². The minimum absolute atomic E-state index is 2.00. The first kappa shape index (κ1) is 64.2. The van der Waals surface area contributed by atoms with Crippen LogP contribution in [0.5, 0.6) is 0 Å². The topological polar surface area (TPSA) is 0 Å². The molecule has 0 aromatic rings. The predicted molar refractivity (Wildman–Crippen MR) is 102 cm³/mol. The van der Waals surface area contributed by atoms with E-state index in [1.165, 1.54) is 0 Å². The summed E-state index contributed by atoms with van der Waals surface area (Å²) in [5.74, 6) is 0. The van der Waals surface area contributed by atoms with Gasteiger partial charge in [0.25, 0.3) is 0 Å². The van der Waals surface area contributed by atoms with E-state index >= 15 is 0 Å². The highest BCUT2D eigenvalue weighted by Crippen LogP contribution is 1.16. The fourth-order valence-corrected chi connectivity index (χ4v) is 0. The van der Waals surface area contributed by atoms with E-state index in [2.05, 4.69) is 0 Å². The Morgan fingerprint density at radius 3 is 0.111 bits per heavy atom. The fourth-order valence-electron chi connectivity index (χ4n) is 0. The average molecular weight is 271 g/mol. The zero-order valence-corrected chi connectivity index (χ0v) is 18.0. The second-order valence-corrected chi connectivity index (χ2v) is 0. The molecule has 0 spiro atoms. The van der Waals surface area contributed by atoms with Gasteiger partial charge in [-0.05, 0) is 0 Å². The van der Waals surface area contributed by atoms with Crippen LogP contribution in [-0.4, -0.2) is 0 Å².